The Kier molecular flexibility index (Phi) is 6.41. The van der Waals surface area contributed by atoms with E-state index in [0.29, 0.717) is 13.1 Å². The van der Waals surface area contributed by atoms with Gasteiger partial charge in [0.25, 0.3) is 0 Å². The lowest BCUT2D eigenvalue weighted by Crippen LogP contribution is -2.36. The van der Waals surface area contributed by atoms with Gasteiger partial charge in [-0.3, -0.25) is 4.79 Å². The summed E-state index contributed by atoms with van der Waals surface area (Å²) in [6.45, 7) is 3.80. The smallest absolute Gasteiger partial charge is 0.247 e. The van der Waals surface area contributed by atoms with Gasteiger partial charge in [0.1, 0.15) is 5.75 Å². The minimum atomic E-state index is -0.0444. The highest BCUT2D eigenvalue weighted by Gasteiger charge is 2.22. The molecule has 6 heteroatoms. The predicted molar refractivity (Wildman–Crippen MR) is 103 cm³/mol. The molecule has 0 saturated carbocycles. The largest absolute Gasteiger partial charge is 0.496 e. The molecule has 0 spiro atoms. The Hall–Kier alpha value is -2.18. The number of carbonyl (C=O) groups is 1. The molecule has 2 heterocycles. The van der Waals surface area contributed by atoms with E-state index in [2.05, 4.69) is 4.98 Å². The molecule has 138 valence electrons. The maximum Gasteiger partial charge on any atom is 0.247 e. The highest BCUT2D eigenvalue weighted by molar-refractivity contribution is 7.09. The summed E-state index contributed by atoms with van der Waals surface area (Å²) in [7, 11) is 1.65. The molecule has 0 unspecified atom stereocenters. The minimum Gasteiger partial charge on any atom is -0.496 e. The zero-order chi connectivity index (χ0) is 18.4. The quantitative estimate of drug-likeness (QED) is 0.696. The van der Waals surface area contributed by atoms with E-state index in [1.165, 1.54) is 0 Å². The Morgan fingerprint density at radius 3 is 3.00 bits per heavy atom. The van der Waals surface area contributed by atoms with Crippen LogP contribution in [-0.2, 0) is 16.1 Å². The van der Waals surface area contributed by atoms with Crippen LogP contribution in [0.5, 0.6) is 5.75 Å². The molecule has 1 aliphatic heterocycles. The maximum absolute atomic E-state index is 12.8. The van der Waals surface area contributed by atoms with E-state index < -0.39 is 0 Å². The van der Waals surface area contributed by atoms with Crippen molar-refractivity contribution >= 4 is 23.3 Å². The van der Waals surface area contributed by atoms with E-state index in [0.717, 1.165) is 41.5 Å². The molecule has 2 aromatic rings. The average Bonchev–Trinajstić information content (AvgIpc) is 3.31. The van der Waals surface area contributed by atoms with Crippen LogP contribution in [0.2, 0.25) is 0 Å². The Morgan fingerprint density at radius 1 is 1.46 bits per heavy atom. The van der Waals surface area contributed by atoms with Crippen LogP contribution in [-0.4, -0.2) is 42.2 Å². The lowest BCUT2D eigenvalue weighted by atomic mass is 10.1. The Labute approximate surface area is 158 Å². The first-order chi connectivity index (χ1) is 12.7. The van der Waals surface area contributed by atoms with Crippen molar-refractivity contribution in [2.24, 2.45) is 0 Å². The van der Waals surface area contributed by atoms with Crippen molar-refractivity contribution in [3.8, 4) is 5.75 Å². The van der Waals surface area contributed by atoms with Crippen molar-refractivity contribution in [3.05, 3.63) is 52.0 Å². The molecular formula is C20H24N2O3S. The van der Waals surface area contributed by atoms with Crippen LogP contribution in [0.25, 0.3) is 6.08 Å². The molecule has 1 aromatic heterocycles. The summed E-state index contributed by atoms with van der Waals surface area (Å²) < 4.78 is 11.2. The molecule has 1 aromatic carbocycles. The first-order valence-electron chi connectivity index (χ1n) is 8.78. The van der Waals surface area contributed by atoms with Crippen LogP contribution in [0.3, 0.4) is 0 Å². The number of para-hydroxylation sites is 1. The van der Waals surface area contributed by atoms with Gasteiger partial charge in [-0.25, -0.2) is 4.98 Å². The van der Waals surface area contributed by atoms with Gasteiger partial charge in [-0.1, -0.05) is 18.2 Å². The molecule has 3 rings (SSSR count). The fraction of sp³-hybridized carbons (Fsp3) is 0.400. The molecule has 1 fully saturated rings. The third kappa shape index (κ3) is 4.93. The van der Waals surface area contributed by atoms with Gasteiger partial charge in [-0.2, -0.15) is 0 Å². The van der Waals surface area contributed by atoms with Crippen molar-refractivity contribution in [1.29, 1.82) is 0 Å². The number of nitrogens with zero attached hydrogens (tertiary/aromatic N) is 2. The van der Waals surface area contributed by atoms with Crippen LogP contribution in [0, 0.1) is 6.92 Å². The second kappa shape index (κ2) is 8.96. The number of hydrogen-bond donors (Lipinski definition) is 0. The monoisotopic (exact) mass is 372 g/mol. The summed E-state index contributed by atoms with van der Waals surface area (Å²) in [5, 5.41) is 2.94. The minimum absolute atomic E-state index is 0.0444. The van der Waals surface area contributed by atoms with Gasteiger partial charge in [-0.15, -0.1) is 11.3 Å². The Balaban J connectivity index is 1.75. The lowest BCUT2D eigenvalue weighted by molar-refractivity contribution is -0.128. The first kappa shape index (κ1) is 18.6. The van der Waals surface area contributed by atoms with Gasteiger partial charge in [0.2, 0.25) is 5.91 Å². The number of benzene rings is 1. The average molecular weight is 372 g/mol. The Bertz CT molecular complexity index is 766. The molecule has 1 saturated heterocycles. The van der Waals surface area contributed by atoms with Crippen molar-refractivity contribution in [2.75, 3.05) is 20.3 Å². The van der Waals surface area contributed by atoms with Crippen LogP contribution in [0.15, 0.2) is 35.7 Å². The van der Waals surface area contributed by atoms with E-state index in [1.54, 1.807) is 30.6 Å². The SMILES string of the molecule is COc1ccccc1CN(C[C@H]1CCCO1)C(=O)/C=C/c1csc(C)n1. The molecule has 1 atom stereocenters. The van der Waals surface area contributed by atoms with Gasteiger partial charge in [0, 0.05) is 36.7 Å². The van der Waals surface area contributed by atoms with Gasteiger partial charge >= 0.3 is 0 Å². The first-order valence-corrected chi connectivity index (χ1v) is 9.66. The van der Waals surface area contributed by atoms with Gasteiger partial charge < -0.3 is 14.4 Å². The fourth-order valence-corrected chi connectivity index (χ4v) is 3.61. The number of aryl methyl sites for hydroxylation is 1. The highest BCUT2D eigenvalue weighted by Crippen LogP contribution is 2.21. The third-order valence-electron chi connectivity index (χ3n) is 4.35. The van der Waals surface area contributed by atoms with Crippen molar-refractivity contribution in [3.63, 3.8) is 0 Å². The second-order valence-corrected chi connectivity index (χ2v) is 7.35. The van der Waals surface area contributed by atoms with Gasteiger partial charge in [0.05, 0.1) is 23.9 Å². The number of carbonyl (C=O) groups excluding carboxylic acids is 1. The van der Waals surface area contributed by atoms with E-state index in [9.17, 15) is 4.79 Å². The van der Waals surface area contributed by atoms with Crippen LogP contribution in [0.4, 0.5) is 0 Å². The summed E-state index contributed by atoms with van der Waals surface area (Å²) in [6, 6.07) is 7.79. The maximum atomic E-state index is 12.8. The molecule has 0 aliphatic carbocycles. The van der Waals surface area contributed by atoms with E-state index >= 15 is 0 Å². The zero-order valence-electron chi connectivity index (χ0n) is 15.2. The Morgan fingerprint density at radius 2 is 2.31 bits per heavy atom. The summed E-state index contributed by atoms with van der Waals surface area (Å²) in [6.07, 6.45) is 5.51. The van der Waals surface area contributed by atoms with Crippen molar-refractivity contribution in [1.82, 2.24) is 9.88 Å². The topological polar surface area (TPSA) is 51.7 Å². The third-order valence-corrected chi connectivity index (χ3v) is 5.14. The molecule has 26 heavy (non-hydrogen) atoms. The summed E-state index contributed by atoms with van der Waals surface area (Å²) in [5.74, 6) is 0.744. The summed E-state index contributed by atoms with van der Waals surface area (Å²) in [5.41, 5.74) is 1.80. The number of ether oxygens (including phenoxy) is 2. The predicted octanol–water partition coefficient (Wildman–Crippen LogP) is 3.68. The van der Waals surface area contributed by atoms with Crippen LogP contribution in [0.1, 0.15) is 29.1 Å². The molecule has 5 nitrogen and oxygen atoms in total. The lowest BCUT2D eigenvalue weighted by Gasteiger charge is -2.25. The molecule has 0 bridgehead atoms. The number of thiazole rings is 1. The van der Waals surface area contributed by atoms with Gasteiger partial charge in [0.15, 0.2) is 0 Å². The fourth-order valence-electron chi connectivity index (χ4n) is 3.02. The standard InChI is InChI=1S/C20H24N2O3S/c1-15-21-17(14-26-15)9-10-20(23)22(13-18-7-5-11-25-18)12-16-6-3-4-8-19(16)24-2/h3-4,6,8-10,14,18H,5,7,11-13H2,1-2H3/b10-9+/t18-/m1/s1. The zero-order valence-corrected chi connectivity index (χ0v) is 16.0. The molecule has 1 amide bonds. The molecule has 0 radical (unpaired) electrons. The summed E-state index contributed by atoms with van der Waals surface area (Å²) in [4.78, 5) is 19.0. The molecule has 1 aliphatic rings. The summed E-state index contributed by atoms with van der Waals surface area (Å²) >= 11 is 1.57. The van der Waals surface area contributed by atoms with Crippen LogP contribution < -0.4 is 4.74 Å². The molecular weight excluding hydrogens is 348 g/mol. The highest BCUT2D eigenvalue weighted by atomic mass is 32.1. The number of rotatable bonds is 7. The number of aromatic nitrogens is 1. The van der Waals surface area contributed by atoms with E-state index in [1.807, 2.05) is 41.5 Å². The number of methoxy groups -OCH3 is 1. The second-order valence-electron chi connectivity index (χ2n) is 6.29. The van der Waals surface area contributed by atoms with E-state index in [-0.39, 0.29) is 12.0 Å². The number of amides is 1. The van der Waals surface area contributed by atoms with Crippen LogP contribution >= 0.6 is 11.3 Å². The van der Waals surface area contributed by atoms with Crippen molar-refractivity contribution in [2.45, 2.75) is 32.4 Å². The van der Waals surface area contributed by atoms with Gasteiger partial charge in [-0.05, 0) is 31.9 Å². The van der Waals surface area contributed by atoms with Crippen molar-refractivity contribution < 1.29 is 14.3 Å². The number of hydrogen-bond acceptors (Lipinski definition) is 5. The van der Waals surface area contributed by atoms with E-state index in [4.69, 9.17) is 9.47 Å². The molecule has 0 N–H and O–H groups in total. The normalized spacial score (nSPS) is 16.9.